The summed E-state index contributed by atoms with van der Waals surface area (Å²) in [4.78, 5) is 62.0. The summed E-state index contributed by atoms with van der Waals surface area (Å²) >= 11 is 0. The van der Waals surface area contributed by atoms with Crippen molar-refractivity contribution in [3.63, 3.8) is 0 Å². The number of carbonyl (C=O) groups excluding carboxylic acids is 4. The van der Waals surface area contributed by atoms with Crippen molar-refractivity contribution in [1.82, 2.24) is 15.0 Å². The Balaban J connectivity index is 1.90. The third kappa shape index (κ3) is 9.61. The van der Waals surface area contributed by atoms with Gasteiger partial charge in [0.15, 0.2) is 41.9 Å². The maximum Gasteiger partial charge on any atom is 0.346 e. The molecule has 17 nitrogen and oxygen atoms in total. The SMILES string of the molecule is COC(=O)C(C)Oc1ccc(-c2nc(-c3ccc(OC(C)C(=O)OC)cc3O)nc(-c3ccc(OC(C)C(=O)OC)cc3OC(C)C(=O)OC)n2)c(O)c1. The average molecular weight is 750 g/mol. The molecule has 286 valence electrons. The Morgan fingerprint density at radius 2 is 0.759 bits per heavy atom. The average Bonchev–Trinajstić information content (AvgIpc) is 3.16. The molecular formula is C37H39N3O14. The number of phenols is 2. The molecule has 1 heterocycles. The van der Waals surface area contributed by atoms with Crippen LogP contribution in [0.15, 0.2) is 54.6 Å². The van der Waals surface area contributed by atoms with E-state index in [0.29, 0.717) is 0 Å². The number of benzene rings is 3. The molecule has 0 aliphatic rings. The summed E-state index contributed by atoms with van der Waals surface area (Å²) in [6, 6.07) is 12.8. The van der Waals surface area contributed by atoms with Crippen LogP contribution in [0.25, 0.3) is 34.2 Å². The lowest BCUT2D eigenvalue weighted by molar-refractivity contribution is -0.148. The second-order valence-corrected chi connectivity index (χ2v) is 11.5. The number of aromatic nitrogens is 3. The topological polar surface area (TPSA) is 221 Å². The van der Waals surface area contributed by atoms with E-state index >= 15 is 0 Å². The van der Waals surface area contributed by atoms with Gasteiger partial charge in [0.1, 0.15) is 34.5 Å². The third-order valence-electron chi connectivity index (χ3n) is 7.62. The molecule has 0 saturated heterocycles. The number of hydrogen-bond donors (Lipinski definition) is 2. The van der Waals surface area contributed by atoms with Gasteiger partial charge in [-0.25, -0.2) is 34.1 Å². The van der Waals surface area contributed by atoms with E-state index in [0.717, 1.165) is 0 Å². The summed E-state index contributed by atoms with van der Waals surface area (Å²) in [5.41, 5.74) is 0.398. The Labute approximate surface area is 309 Å². The van der Waals surface area contributed by atoms with Gasteiger partial charge in [-0.15, -0.1) is 0 Å². The van der Waals surface area contributed by atoms with E-state index in [1.807, 2.05) is 0 Å². The molecule has 2 N–H and O–H groups in total. The predicted molar refractivity (Wildman–Crippen MR) is 188 cm³/mol. The normalized spacial score (nSPS) is 13.0. The van der Waals surface area contributed by atoms with Crippen molar-refractivity contribution >= 4 is 23.9 Å². The molecule has 4 aromatic rings. The largest absolute Gasteiger partial charge is 0.507 e. The summed E-state index contributed by atoms with van der Waals surface area (Å²) in [5, 5.41) is 22.3. The quantitative estimate of drug-likeness (QED) is 0.129. The third-order valence-corrected chi connectivity index (χ3v) is 7.62. The van der Waals surface area contributed by atoms with E-state index in [2.05, 4.69) is 15.0 Å². The van der Waals surface area contributed by atoms with Crippen molar-refractivity contribution in [3.05, 3.63) is 54.6 Å². The molecule has 0 aliphatic heterocycles. The van der Waals surface area contributed by atoms with Crippen LogP contribution in [0.3, 0.4) is 0 Å². The van der Waals surface area contributed by atoms with Crippen LogP contribution < -0.4 is 18.9 Å². The molecule has 0 saturated carbocycles. The van der Waals surface area contributed by atoms with Crippen LogP contribution in [-0.2, 0) is 38.1 Å². The number of hydrogen-bond acceptors (Lipinski definition) is 17. The van der Waals surface area contributed by atoms with Crippen LogP contribution in [0, 0.1) is 0 Å². The minimum absolute atomic E-state index is 0.0279. The highest BCUT2D eigenvalue weighted by Crippen LogP contribution is 2.39. The minimum Gasteiger partial charge on any atom is -0.507 e. The number of ether oxygens (including phenoxy) is 8. The highest BCUT2D eigenvalue weighted by atomic mass is 16.6. The Kier molecular flexibility index (Phi) is 13.2. The molecule has 1 aromatic heterocycles. The molecule has 3 aromatic carbocycles. The van der Waals surface area contributed by atoms with Crippen LogP contribution in [-0.4, -0.2) is 102 Å². The van der Waals surface area contributed by atoms with E-state index < -0.39 is 48.3 Å². The number of carbonyl (C=O) groups is 4. The standard InChI is InChI=1S/C37H39N3O14/c1-18(34(43)47-5)51-22-9-12-25(28(41)15-22)31-38-32(26-13-10-23(16-29(26)42)52-19(2)35(44)48-6)40-33(39-31)27-14-11-24(53-20(3)36(45)49-7)17-30(27)54-21(4)37(46)50-8/h9-21,41-42H,1-8H3. The highest BCUT2D eigenvalue weighted by molar-refractivity contribution is 5.78. The monoisotopic (exact) mass is 749 g/mol. The maximum absolute atomic E-state index is 12.4. The number of phenolic OH excluding ortho intramolecular Hbond substituents is 2. The highest BCUT2D eigenvalue weighted by Gasteiger charge is 2.25. The zero-order valence-electron chi connectivity index (χ0n) is 30.6. The molecular weight excluding hydrogens is 710 g/mol. The van der Waals surface area contributed by atoms with Gasteiger partial charge >= 0.3 is 23.9 Å². The van der Waals surface area contributed by atoms with Crippen LogP contribution >= 0.6 is 0 Å². The van der Waals surface area contributed by atoms with Crippen LogP contribution in [0.2, 0.25) is 0 Å². The van der Waals surface area contributed by atoms with E-state index in [-0.39, 0.29) is 68.7 Å². The zero-order valence-corrected chi connectivity index (χ0v) is 30.6. The smallest absolute Gasteiger partial charge is 0.346 e. The summed E-state index contributed by atoms with van der Waals surface area (Å²) in [5.74, 6) is -3.00. The molecule has 4 atom stereocenters. The first kappa shape index (κ1) is 40.1. The lowest BCUT2D eigenvalue weighted by Gasteiger charge is -2.19. The van der Waals surface area contributed by atoms with Crippen molar-refractivity contribution in [1.29, 1.82) is 0 Å². The fourth-order valence-electron chi connectivity index (χ4n) is 4.80. The van der Waals surface area contributed by atoms with E-state index in [9.17, 15) is 29.4 Å². The van der Waals surface area contributed by atoms with E-state index in [1.54, 1.807) is 0 Å². The van der Waals surface area contributed by atoms with Crippen molar-refractivity contribution < 1.29 is 67.3 Å². The van der Waals surface area contributed by atoms with Crippen molar-refractivity contribution in [2.24, 2.45) is 0 Å². The van der Waals surface area contributed by atoms with Crippen LogP contribution in [0.4, 0.5) is 0 Å². The summed E-state index contributed by atoms with van der Waals surface area (Å²) in [6.07, 6.45) is -4.09. The Hall–Kier alpha value is -6.65. The first-order valence-electron chi connectivity index (χ1n) is 16.2. The lowest BCUT2D eigenvalue weighted by Crippen LogP contribution is -2.26. The van der Waals surface area contributed by atoms with Gasteiger partial charge in [0, 0.05) is 18.2 Å². The summed E-state index contributed by atoms with van der Waals surface area (Å²) in [6.45, 7) is 5.90. The Morgan fingerprint density at radius 1 is 0.463 bits per heavy atom. The van der Waals surface area contributed by atoms with Gasteiger partial charge in [-0.1, -0.05) is 0 Å². The van der Waals surface area contributed by atoms with Crippen molar-refractivity contribution in [2.45, 2.75) is 52.1 Å². The van der Waals surface area contributed by atoms with Gasteiger partial charge in [0.2, 0.25) is 0 Å². The number of methoxy groups -OCH3 is 4. The van der Waals surface area contributed by atoms with Crippen molar-refractivity contribution in [3.8, 4) is 68.7 Å². The van der Waals surface area contributed by atoms with Crippen LogP contribution in [0.1, 0.15) is 27.7 Å². The van der Waals surface area contributed by atoms with Crippen molar-refractivity contribution in [2.75, 3.05) is 28.4 Å². The van der Waals surface area contributed by atoms with Gasteiger partial charge in [0.25, 0.3) is 0 Å². The predicted octanol–water partition coefficient (Wildman–Crippen LogP) is 4.05. The molecule has 0 aliphatic carbocycles. The zero-order chi connectivity index (χ0) is 39.7. The number of esters is 4. The second-order valence-electron chi connectivity index (χ2n) is 11.5. The maximum atomic E-state index is 12.4. The molecule has 0 spiro atoms. The summed E-state index contributed by atoms with van der Waals surface area (Å²) in [7, 11) is 4.85. The van der Waals surface area contributed by atoms with Gasteiger partial charge < -0.3 is 48.1 Å². The fraction of sp³-hybridized carbons (Fsp3) is 0.324. The Morgan fingerprint density at radius 3 is 1.09 bits per heavy atom. The molecule has 0 fully saturated rings. The molecule has 17 heteroatoms. The molecule has 4 rings (SSSR count). The number of rotatable bonds is 15. The van der Waals surface area contributed by atoms with Gasteiger partial charge in [-0.2, -0.15) is 0 Å². The molecule has 0 bridgehead atoms. The molecule has 54 heavy (non-hydrogen) atoms. The lowest BCUT2D eigenvalue weighted by atomic mass is 10.1. The van der Waals surface area contributed by atoms with Gasteiger partial charge in [-0.3, -0.25) is 0 Å². The van der Waals surface area contributed by atoms with Crippen LogP contribution in [0.5, 0.6) is 34.5 Å². The fourth-order valence-corrected chi connectivity index (χ4v) is 4.80. The molecule has 0 amide bonds. The minimum atomic E-state index is -1.13. The number of nitrogens with zero attached hydrogens (tertiary/aromatic N) is 3. The van der Waals surface area contributed by atoms with E-state index in [1.165, 1.54) is 111 Å². The first-order valence-corrected chi connectivity index (χ1v) is 16.2. The van der Waals surface area contributed by atoms with Gasteiger partial charge in [0.05, 0.1) is 45.1 Å². The first-order chi connectivity index (χ1) is 25.7. The molecule has 4 unspecified atom stereocenters. The van der Waals surface area contributed by atoms with E-state index in [4.69, 9.17) is 37.9 Å². The second kappa shape index (κ2) is 17.7. The Bertz CT molecular complexity index is 1930. The number of aromatic hydroxyl groups is 2. The summed E-state index contributed by atoms with van der Waals surface area (Å²) < 4.78 is 41.9. The molecule has 0 radical (unpaired) electrons. The van der Waals surface area contributed by atoms with Gasteiger partial charge in [-0.05, 0) is 64.1 Å².